The van der Waals surface area contributed by atoms with E-state index in [4.69, 9.17) is 11.6 Å². The number of amides is 2. The van der Waals surface area contributed by atoms with Gasteiger partial charge in [-0.25, -0.2) is 8.42 Å². The van der Waals surface area contributed by atoms with E-state index in [2.05, 4.69) is 15.6 Å². The van der Waals surface area contributed by atoms with Crippen LogP contribution in [0.3, 0.4) is 0 Å². The van der Waals surface area contributed by atoms with Gasteiger partial charge in [0.15, 0.2) is 0 Å². The Balaban J connectivity index is 1.34. The monoisotopic (exact) mass is 460 g/mol. The van der Waals surface area contributed by atoms with Crippen LogP contribution in [0.2, 0.25) is 5.02 Å². The molecule has 3 aromatic rings. The molecule has 8 nitrogen and oxygen atoms in total. The van der Waals surface area contributed by atoms with Crippen molar-refractivity contribution in [2.45, 2.75) is 12.8 Å². The number of benzene rings is 2. The van der Waals surface area contributed by atoms with E-state index in [1.165, 1.54) is 4.31 Å². The van der Waals surface area contributed by atoms with E-state index in [1.807, 2.05) is 18.3 Å². The number of hydrogen-bond donors (Lipinski definition) is 3. The third-order valence-electron chi connectivity index (χ3n) is 5.11. The molecule has 4 rings (SSSR count). The number of fused-ring (bicyclic) bond motifs is 1. The second kappa shape index (κ2) is 8.60. The number of rotatable bonds is 5. The van der Waals surface area contributed by atoms with E-state index in [0.717, 1.165) is 16.5 Å². The van der Waals surface area contributed by atoms with Gasteiger partial charge in [0.1, 0.15) is 0 Å². The Bertz CT molecular complexity index is 1260. The number of aromatic amines is 1. The van der Waals surface area contributed by atoms with Crippen molar-refractivity contribution in [3.8, 4) is 0 Å². The molecule has 0 radical (unpaired) electrons. The molecule has 0 spiro atoms. The van der Waals surface area contributed by atoms with Gasteiger partial charge >= 0.3 is 11.8 Å². The van der Waals surface area contributed by atoms with Crippen LogP contribution in [0.1, 0.15) is 12.0 Å². The molecule has 3 N–H and O–H groups in total. The normalized spacial score (nSPS) is 15.2. The number of sulfonamides is 1. The molecular formula is C21H21ClN4O4S. The molecule has 10 heteroatoms. The summed E-state index contributed by atoms with van der Waals surface area (Å²) in [6, 6.07) is 12.0. The first-order chi connectivity index (χ1) is 14.8. The summed E-state index contributed by atoms with van der Waals surface area (Å²) in [5.41, 5.74) is 2.75. The summed E-state index contributed by atoms with van der Waals surface area (Å²) in [5.74, 6) is -1.48. The molecule has 1 aliphatic rings. The summed E-state index contributed by atoms with van der Waals surface area (Å²) in [6.45, 7) is 0.678. The molecule has 31 heavy (non-hydrogen) atoms. The quantitative estimate of drug-likeness (QED) is 0.508. The van der Waals surface area contributed by atoms with Crippen LogP contribution in [0.15, 0.2) is 48.7 Å². The molecule has 0 unspecified atom stereocenters. The highest BCUT2D eigenvalue weighted by Gasteiger charge is 2.28. The van der Waals surface area contributed by atoms with Gasteiger partial charge < -0.3 is 15.6 Å². The Labute approximate surface area is 184 Å². The SMILES string of the molecule is O=C(NCCc1c[nH]c2ccc(Cl)cc12)C(=O)Nc1cccc(N2CCCS2(=O)=O)c1. The smallest absolute Gasteiger partial charge is 0.313 e. The number of carbonyl (C=O) groups excluding carboxylic acids is 2. The molecule has 0 bridgehead atoms. The van der Waals surface area contributed by atoms with Crippen LogP contribution >= 0.6 is 11.6 Å². The van der Waals surface area contributed by atoms with Crippen molar-refractivity contribution in [2.75, 3.05) is 28.5 Å². The first-order valence-corrected chi connectivity index (χ1v) is 11.8. The standard InChI is InChI=1S/C21H21ClN4O4S/c22-15-5-6-19-18(11-15)14(13-24-19)7-8-23-20(27)21(28)25-16-3-1-4-17(12-16)26-9-2-10-31(26,29)30/h1,3-6,11-13,24H,2,7-10H2,(H,23,27)(H,25,28). The lowest BCUT2D eigenvalue weighted by atomic mass is 10.1. The van der Waals surface area contributed by atoms with Crippen LogP contribution in [0.5, 0.6) is 0 Å². The molecule has 1 fully saturated rings. The average molecular weight is 461 g/mol. The highest BCUT2D eigenvalue weighted by atomic mass is 35.5. The number of carbonyl (C=O) groups is 2. The molecule has 1 saturated heterocycles. The number of nitrogens with zero attached hydrogens (tertiary/aromatic N) is 1. The van der Waals surface area contributed by atoms with Gasteiger partial charge in [-0.05, 0) is 54.8 Å². The van der Waals surface area contributed by atoms with Crippen LogP contribution < -0.4 is 14.9 Å². The molecular weight excluding hydrogens is 440 g/mol. The second-order valence-corrected chi connectivity index (χ2v) is 9.71. The molecule has 162 valence electrons. The fraction of sp³-hybridized carbons (Fsp3) is 0.238. The predicted octanol–water partition coefficient (Wildman–Crippen LogP) is 2.66. The molecule has 2 aromatic carbocycles. The maximum absolute atomic E-state index is 12.2. The fourth-order valence-corrected chi connectivity index (χ4v) is 5.33. The Kier molecular flexibility index (Phi) is 5.88. The molecule has 0 aliphatic carbocycles. The maximum atomic E-state index is 12.2. The lowest BCUT2D eigenvalue weighted by molar-refractivity contribution is -0.136. The summed E-state index contributed by atoms with van der Waals surface area (Å²) in [6.07, 6.45) is 2.94. The van der Waals surface area contributed by atoms with Crippen LogP contribution in [0.25, 0.3) is 10.9 Å². The van der Waals surface area contributed by atoms with E-state index in [1.54, 1.807) is 30.3 Å². The van der Waals surface area contributed by atoms with Gasteiger partial charge in [-0.3, -0.25) is 13.9 Å². The van der Waals surface area contributed by atoms with Gasteiger partial charge in [0, 0.05) is 40.9 Å². The molecule has 1 aromatic heterocycles. The molecule has 2 amide bonds. The summed E-state index contributed by atoms with van der Waals surface area (Å²) in [7, 11) is -3.32. The van der Waals surface area contributed by atoms with Crippen molar-refractivity contribution >= 4 is 55.7 Å². The van der Waals surface area contributed by atoms with Gasteiger partial charge in [-0.15, -0.1) is 0 Å². The van der Waals surface area contributed by atoms with Crippen molar-refractivity contribution in [3.63, 3.8) is 0 Å². The highest BCUT2D eigenvalue weighted by molar-refractivity contribution is 7.93. The first-order valence-electron chi connectivity index (χ1n) is 9.79. The molecule has 0 saturated carbocycles. The van der Waals surface area contributed by atoms with Crippen LogP contribution in [0.4, 0.5) is 11.4 Å². The van der Waals surface area contributed by atoms with E-state index in [9.17, 15) is 18.0 Å². The number of halogens is 1. The minimum atomic E-state index is -3.32. The topological polar surface area (TPSA) is 111 Å². The van der Waals surface area contributed by atoms with Crippen molar-refractivity contribution in [1.29, 1.82) is 0 Å². The predicted molar refractivity (Wildman–Crippen MR) is 121 cm³/mol. The summed E-state index contributed by atoms with van der Waals surface area (Å²) in [5, 5.41) is 6.71. The summed E-state index contributed by atoms with van der Waals surface area (Å²) in [4.78, 5) is 27.6. The number of aromatic nitrogens is 1. The van der Waals surface area contributed by atoms with Crippen molar-refractivity contribution < 1.29 is 18.0 Å². The summed E-state index contributed by atoms with van der Waals surface area (Å²) >= 11 is 6.05. The Morgan fingerprint density at radius 2 is 1.97 bits per heavy atom. The van der Waals surface area contributed by atoms with Gasteiger partial charge in [-0.2, -0.15) is 0 Å². The molecule has 2 heterocycles. The Morgan fingerprint density at radius 1 is 1.13 bits per heavy atom. The van der Waals surface area contributed by atoms with Crippen molar-refractivity contribution in [1.82, 2.24) is 10.3 Å². The van der Waals surface area contributed by atoms with Gasteiger partial charge in [0.25, 0.3) is 0 Å². The fourth-order valence-electron chi connectivity index (χ4n) is 3.60. The zero-order valence-corrected chi connectivity index (χ0v) is 18.1. The Hall–Kier alpha value is -3.04. The third-order valence-corrected chi connectivity index (χ3v) is 7.21. The van der Waals surface area contributed by atoms with Crippen LogP contribution in [-0.4, -0.2) is 44.1 Å². The second-order valence-electron chi connectivity index (χ2n) is 7.26. The molecule has 0 atom stereocenters. The van der Waals surface area contributed by atoms with E-state index in [0.29, 0.717) is 35.8 Å². The van der Waals surface area contributed by atoms with Crippen molar-refractivity contribution in [3.05, 3.63) is 59.2 Å². The lowest BCUT2D eigenvalue weighted by Gasteiger charge is -2.17. The Morgan fingerprint density at radius 3 is 2.74 bits per heavy atom. The lowest BCUT2D eigenvalue weighted by Crippen LogP contribution is -2.36. The largest absolute Gasteiger partial charge is 0.361 e. The minimum Gasteiger partial charge on any atom is -0.361 e. The van der Waals surface area contributed by atoms with E-state index >= 15 is 0 Å². The average Bonchev–Trinajstić information content (AvgIpc) is 3.30. The molecule has 1 aliphatic heterocycles. The van der Waals surface area contributed by atoms with Gasteiger partial charge in [0.2, 0.25) is 10.0 Å². The number of anilines is 2. The summed E-state index contributed by atoms with van der Waals surface area (Å²) < 4.78 is 25.5. The zero-order chi connectivity index (χ0) is 22.0. The van der Waals surface area contributed by atoms with Crippen LogP contribution in [-0.2, 0) is 26.0 Å². The third kappa shape index (κ3) is 4.67. The number of hydrogen-bond acceptors (Lipinski definition) is 4. The zero-order valence-electron chi connectivity index (χ0n) is 16.5. The highest BCUT2D eigenvalue weighted by Crippen LogP contribution is 2.26. The van der Waals surface area contributed by atoms with Crippen molar-refractivity contribution in [2.24, 2.45) is 0 Å². The minimum absolute atomic E-state index is 0.106. The first kappa shape index (κ1) is 21.2. The maximum Gasteiger partial charge on any atom is 0.313 e. The van der Waals surface area contributed by atoms with Gasteiger partial charge in [-0.1, -0.05) is 17.7 Å². The number of nitrogens with one attached hydrogen (secondary N) is 3. The number of H-pyrrole nitrogens is 1. The van der Waals surface area contributed by atoms with E-state index in [-0.39, 0.29) is 12.3 Å². The van der Waals surface area contributed by atoms with Crippen LogP contribution in [0, 0.1) is 0 Å². The van der Waals surface area contributed by atoms with E-state index < -0.39 is 21.8 Å². The van der Waals surface area contributed by atoms with Gasteiger partial charge in [0.05, 0.1) is 11.4 Å².